The second kappa shape index (κ2) is 4.45. The predicted molar refractivity (Wildman–Crippen MR) is 67.9 cm³/mol. The molecule has 0 radical (unpaired) electrons. The molecular formula is C13H11BrN2O. The van der Waals surface area contributed by atoms with Gasteiger partial charge < -0.3 is 4.74 Å². The van der Waals surface area contributed by atoms with Crippen LogP contribution >= 0.6 is 15.9 Å². The van der Waals surface area contributed by atoms with Crippen LogP contribution in [-0.2, 0) is 6.42 Å². The topological polar surface area (TPSA) is 35.0 Å². The summed E-state index contributed by atoms with van der Waals surface area (Å²) in [6.45, 7) is 0. The predicted octanol–water partition coefficient (Wildman–Crippen LogP) is 3.31. The monoisotopic (exact) mass is 290 g/mol. The van der Waals surface area contributed by atoms with E-state index in [1.54, 1.807) is 12.4 Å². The first-order valence-electron chi connectivity index (χ1n) is 5.54. The molecule has 1 aliphatic rings. The number of aromatic nitrogens is 2. The third-order valence-electron chi connectivity index (χ3n) is 2.87. The van der Waals surface area contributed by atoms with E-state index in [1.807, 2.05) is 18.3 Å². The zero-order chi connectivity index (χ0) is 11.7. The molecule has 0 saturated heterocycles. The molecule has 4 heteroatoms. The zero-order valence-electron chi connectivity index (χ0n) is 9.14. The maximum absolute atomic E-state index is 5.95. The summed E-state index contributed by atoms with van der Waals surface area (Å²) in [5, 5.41) is 0. The van der Waals surface area contributed by atoms with E-state index in [1.165, 1.54) is 5.56 Å². The molecule has 1 atom stereocenters. The van der Waals surface area contributed by atoms with E-state index in [4.69, 9.17) is 4.74 Å². The highest BCUT2D eigenvalue weighted by molar-refractivity contribution is 9.10. The first kappa shape index (κ1) is 10.7. The Kier molecular flexibility index (Phi) is 2.81. The van der Waals surface area contributed by atoms with Crippen LogP contribution in [-0.4, -0.2) is 9.97 Å². The van der Waals surface area contributed by atoms with Crippen molar-refractivity contribution in [2.24, 2.45) is 0 Å². The number of hydrogen-bond donors (Lipinski definition) is 0. The molecule has 0 fully saturated rings. The zero-order valence-corrected chi connectivity index (χ0v) is 10.7. The van der Waals surface area contributed by atoms with Gasteiger partial charge >= 0.3 is 0 Å². The fourth-order valence-electron chi connectivity index (χ4n) is 2.12. The van der Waals surface area contributed by atoms with Gasteiger partial charge in [-0.1, -0.05) is 6.07 Å². The van der Waals surface area contributed by atoms with Crippen LogP contribution in [0.5, 0.6) is 5.75 Å². The van der Waals surface area contributed by atoms with Crippen molar-refractivity contribution in [1.29, 1.82) is 0 Å². The molecular weight excluding hydrogens is 280 g/mol. The Morgan fingerprint density at radius 1 is 1.35 bits per heavy atom. The summed E-state index contributed by atoms with van der Waals surface area (Å²) in [4.78, 5) is 8.46. The lowest BCUT2D eigenvalue weighted by molar-refractivity contribution is 0.206. The molecule has 0 spiro atoms. The van der Waals surface area contributed by atoms with Gasteiger partial charge in [-0.2, -0.15) is 0 Å². The summed E-state index contributed by atoms with van der Waals surface area (Å²) in [6, 6.07) is 5.98. The molecule has 17 heavy (non-hydrogen) atoms. The Labute approximate surface area is 108 Å². The minimum atomic E-state index is 0.106. The minimum Gasteiger partial charge on any atom is -0.484 e. The van der Waals surface area contributed by atoms with Crippen molar-refractivity contribution in [3.63, 3.8) is 0 Å². The second-order valence-corrected chi connectivity index (χ2v) is 4.94. The normalized spacial score (nSPS) is 17.8. The van der Waals surface area contributed by atoms with E-state index in [0.717, 1.165) is 28.8 Å². The van der Waals surface area contributed by atoms with E-state index < -0.39 is 0 Å². The summed E-state index contributed by atoms with van der Waals surface area (Å²) in [6.07, 6.45) is 7.40. The molecule has 0 bridgehead atoms. The molecule has 1 unspecified atom stereocenters. The highest BCUT2D eigenvalue weighted by Crippen LogP contribution is 2.33. The fraction of sp³-hybridized carbons (Fsp3) is 0.231. The van der Waals surface area contributed by atoms with Gasteiger partial charge in [-0.3, -0.25) is 9.97 Å². The smallest absolute Gasteiger partial charge is 0.139 e. The number of aryl methyl sites for hydroxylation is 1. The van der Waals surface area contributed by atoms with Crippen LogP contribution < -0.4 is 4.74 Å². The van der Waals surface area contributed by atoms with Gasteiger partial charge in [-0.15, -0.1) is 0 Å². The molecule has 2 aromatic heterocycles. The van der Waals surface area contributed by atoms with Crippen LogP contribution in [0.15, 0.2) is 41.3 Å². The summed E-state index contributed by atoms with van der Waals surface area (Å²) >= 11 is 3.39. The molecule has 0 saturated carbocycles. The van der Waals surface area contributed by atoms with Gasteiger partial charge in [-0.05, 0) is 40.9 Å². The van der Waals surface area contributed by atoms with E-state index >= 15 is 0 Å². The Balaban J connectivity index is 1.84. The SMILES string of the molecule is Brc1cncc(OC2CCc3ncccc32)c1. The van der Waals surface area contributed by atoms with Gasteiger partial charge in [0.05, 0.1) is 6.20 Å². The van der Waals surface area contributed by atoms with Gasteiger partial charge in [-0.25, -0.2) is 0 Å². The number of pyridine rings is 2. The average Bonchev–Trinajstić information content (AvgIpc) is 2.73. The van der Waals surface area contributed by atoms with Crippen molar-refractivity contribution in [1.82, 2.24) is 9.97 Å². The largest absolute Gasteiger partial charge is 0.484 e. The number of halogens is 1. The molecule has 2 heterocycles. The maximum Gasteiger partial charge on any atom is 0.139 e. The Morgan fingerprint density at radius 2 is 2.29 bits per heavy atom. The number of rotatable bonds is 2. The lowest BCUT2D eigenvalue weighted by Gasteiger charge is -2.14. The van der Waals surface area contributed by atoms with E-state index in [0.29, 0.717) is 0 Å². The van der Waals surface area contributed by atoms with Crippen LogP contribution in [0.1, 0.15) is 23.8 Å². The number of ether oxygens (including phenoxy) is 1. The van der Waals surface area contributed by atoms with E-state index in [-0.39, 0.29) is 6.10 Å². The Hall–Kier alpha value is -1.42. The highest BCUT2D eigenvalue weighted by Gasteiger charge is 2.24. The van der Waals surface area contributed by atoms with E-state index in [2.05, 4.69) is 32.0 Å². The van der Waals surface area contributed by atoms with Crippen molar-refractivity contribution in [2.45, 2.75) is 18.9 Å². The first-order chi connectivity index (χ1) is 8.33. The summed E-state index contributed by atoms with van der Waals surface area (Å²) in [5.41, 5.74) is 2.35. The number of nitrogens with zero attached hydrogens (tertiary/aromatic N) is 2. The maximum atomic E-state index is 5.95. The second-order valence-electron chi connectivity index (χ2n) is 4.02. The molecule has 86 valence electrons. The van der Waals surface area contributed by atoms with Gasteiger partial charge in [0.25, 0.3) is 0 Å². The quantitative estimate of drug-likeness (QED) is 0.851. The van der Waals surface area contributed by atoms with Crippen LogP contribution in [0.3, 0.4) is 0 Å². The Morgan fingerprint density at radius 3 is 3.18 bits per heavy atom. The number of hydrogen-bond acceptors (Lipinski definition) is 3. The molecule has 2 aromatic rings. The van der Waals surface area contributed by atoms with Gasteiger partial charge in [0.15, 0.2) is 0 Å². The van der Waals surface area contributed by atoms with Crippen LogP contribution in [0.4, 0.5) is 0 Å². The minimum absolute atomic E-state index is 0.106. The van der Waals surface area contributed by atoms with Gasteiger partial charge in [0.2, 0.25) is 0 Å². The van der Waals surface area contributed by atoms with Crippen LogP contribution in [0.2, 0.25) is 0 Å². The average molecular weight is 291 g/mol. The molecule has 0 N–H and O–H groups in total. The lowest BCUT2D eigenvalue weighted by Crippen LogP contribution is -2.03. The number of fused-ring (bicyclic) bond motifs is 1. The van der Waals surface area contributed by atoms with Crippen molar-refractivity contribution in [3.8, 4) is 5.75 Å². The summed E-state index contributed by atoms with van der Waals surface area (Å²) in [5.74, 6) is 0.793. The van der Waals surface area contributed by atoms with E-state index in [9.17, 15) is 0 Å². The van der Waals surface area contributed by atoms with Crippen molar-refractivity contribution < 1.29 is 4.74 Å². The molecule has 0 aliphatic heterocycles. The Bertz CT molecular complexity index is 544. The van der Waals surface area contributed by atoms with Crippen LogP contribution in [0.25, 0.3) is 0 Å². The van der Waals surface area contributed by atoms with Gasteiger partial charge in [0, 0.05) is 28.1 Å². The third-order valence-corrected chi connectivity index (χ3v) is 3.31. The highest BCUT2D eigenvalue weighted by atomic mass is 79.9. The van der Waals surface area contributed by atoms with Crippen molar-refractivity contribution >= 4 is 15.9 Å². The van der Waals surface area contributed by atoms with Crippen molar-refractivity contribution in [3.05, 3.63) is 52.5 Å². The summed E-state index contributed by atoms with van der Waals surface area (Å²) < 4.78 is 6.88. The van der Waals surface area contributed by atoms with Gasteiger partial charge in [0.1, 0.15) is 11.9 Å². The molecule has 3 nitrogen and oxygen atoms in total. The van der Waals surface area contributed by atoms with Crippen LogP contribution in [0, 0.1) is 0 Å². The standard InChI is InChI=1S/C13H11BrN2O/c14-9-6-10(8-15-7-9)17-13-4-3-12-11(13)2-1-5-16-12/h1-2,5-8,13H,3-4H2. The lowest BCUT2D eigenvalue weighted by atomic mass is 10.2. The molecule has 0 aromatic carbocycles. The third kappa shape index (κ3) is 2.17. The molecule has 1 aliphatic carbocycles. The molecule has 3 rings (SSSR count). The first-order valence-corrected chi connectivity index (χ1v) is 6.33. The summed E-state index contributed by atoms with van der Waals surface area (Å²) in [7, 11) is 0. The molecule has 0 amide bonds. The fourth-order valence-corrected chi connectivity index (χ4v) is 2.46. The van der Waals surface area contributed by atoms with Crippen molar-refractivity contribution in [2.75, 3.05) is 0 Å².